The highest BCUT2D eigenvalue weighted by Crippen LogP contribution is 2.42. The van der Waals surface area contributed by atoms with E-state index in [1.165, 1.54) is 43.5 Å². The van der Waals surface area contributed by atoms with Gasteiger partial charge in [0.2, 0.25) is 0 Å². The summed E-state index contributed by atoms with van der Waals surface area (Å²) in [5.41, 5.74) is 2.90. The quantitative estimate of drug-likeness (QED) is 0.246. The van der Waals surface area contributed by atoms with Gasteiger partial charge in [-0.1, -0.05) is 6.07 Å². The average Bonchev–Trinajstić information content (AvgIpc) is 3.52. The van der Waals surface area contributed by atoms with Crippen LogP contribution >= 0.6 is 0 Å². The van der Waals surface area contributed by atoms with E-state index in [0.717, 1.165) is 12.0 Å². The first-order chi connectivity index (χ1) is 20.2. The van der Waals surface area contributed by atoms with E-state index >= 15 is 0 Å². The Morgan fingerprint density at radius 2 is 1.90 bits per heavy atom. The van der Waals surface area contributed by atoms with E-state index in [0.29, 0.717) is 41.1 Å². The number of aromatic nitrogens is 2. The van der Waals surface area contributed by atoms with E-state index in [4.69, 9.17) is 14.2 Å². The van der Waals surface area contributed by atoms with Gasteiger partial charge >= 0.3 is 12.3 Å². The van der Waals surface area contributed by atoms with Crippen LogP contribution in [0.25, 0.3) is 5.69 Å². The normalized spacial score (nSPS) is 16.3. The Kier molecular flexibility index (Phi) is 6.86. The van der Waals surface area contributed by atoms with Crippen molar-refractivity contribution in [2.45, 2.75) is 38.3 Å². The largest absolute Gasteiger partial charge is 0.586 e. The minimum absolute atomic E-state index is 0.107. The molecule has 0 spiro atoms. The summed E-state index contributed by atoms with van der Waals surface area (Å²) in [6, 6.07) is 17.0. The first-order valence-electron chi connectivity index (χ1n) is 12.9. The predicted octanol–water partition coefficient (Wildman–Crippen LogP) is 6.03. The molecule has 2 aliphatic rings. The smallest absolute Gasteiger partial charge is 0.486 e. The number of nitrogens with zero attached hydrogens (tertiary/aromatic N) is 3. The van der Waals surface area contributed by atoms with Crippen LogP contribution in [0.5, 0.6) is 23.0 Å². The van der Waals surface area contributed by atoms with Crippen molar-refractivity contribution in [2.75, 3.05) is 7.11 Å². The van der Waals surface area contributed by atoms with Crippen LogP contribution < -0.4 is 18.9 Å². The molecule has 0 amide bonds. The monoisotopic (exact) mass is 577 g/mol. The minimum Gasteiger partial charge on any atom is -0.486 e. The third-order valence-corrected chi connectivity index (χ3v) is 6.90. The SMILES string of the molecule is COC(=O)c1ccc(OC2CCCc3c(C#N)nn(-c4ccc(F)c(OCc5ccc6c(c5)OC(F)(F)O6)c4)c32)cc1. The van der Waals surface area contributed by atoms with Crippen molar-refractivity contribution in [1.82, 2.24) is 9.78 Å². The first kappa shape index (κ1) is 27.0. The van der Waals surface area contributed by atoms with Gasteiger partial charge in [0.25, 0.3) is 0 Å². The van der Waals surface area contributed by atoms with Gasteiger partial charge in [-0.25, -0.2) is 13.9 Å². The Morgan fingerprint density at radius 3 is 2.67 bits per heavy atom. The molecule has 1 unspecified atom stereocenters. The Bertz CT molecular complexity index is 1710. The summed E-state index contributed by atoms with van der Waals surface area (Å²) < 4.78 is 68.6. The summed E-state index contributed by atoms with van der Waals surface area (Å²) in [5, 5.41) is 14.3. The Balaban J connectivity index is 1.27. The van der Waals surface area contributed by atoms with Crippen molar-refractivity contribution in [3.8, 4) is 34.8 Å². The molecule has 0 saturated carbocycles. The number of hydrogen-bond donors (Lipinski definition) is 0. The fourth-order valence-electron chi connectivity index (χ4n) is 4.97. The summed E-state index contributed by atoms with van der Waals surface area (Å²) in [6.45, 7) is -0.142. The molecular weight excluding hydrogens is 555 g/mol. The minimum atomic E-state index is -3.75. The average molecular weight is 578 g/mol. The summed E-state index contributed by atoms with van der Waals surface area (Å²) in [5.74, 6) is -0.960. The number of esters is 1. The van der Waals surface area contributed by atoms with E-state index in [1.807, 2.05) is 0 Å². The van der Waals surface area contributed by atoms with Gasteiger partial charge in [0.15, 0.2) is 28.8 Å². The van der Waals surface area contributed by atoms with Crippen LogP contribution in [0, 0.1) is 17.1 Å². The molecule has 0 N–H and O–H groups in total. The molecule has 214 valence electrons. The molecule has 12 heteroatoms. The molecule has 1 aliphatic carbocycles. The predicted molar refractivity (Wildman–Crippen MR) is 139 cm³/mol. The number of benzene rings is 3. The number of nitriles is 1. The van der Waals surface area contributed by atoms with E-state index in [-0.39, 0.29) is 29.5 Å². The van der Waals surface area contributed by atoms with Crippen molar-refractivity contribution in [2.24, 2.45) is 0 Å². The Labute approximate surface area is 237 Å². The number of alkyl halides is 2. The molecule has 4 aromatic rings. The molecule has 0 radical (unpaired) electrons. The lowest BCUT2D eigenvalue weighted by molar-refractivity contribution is -0.286. The van der Waals surface area contributed by atoms with Crippen molar-refractivity contribution in [1.29, 1.82) is 5.26 Å². The topological polar surface area (TPSA) is 105 Å². The van der Waals surface area contributed by atoms with Gasteiger partial charge in [-0.3, -0.25) is 0 Å². The summed E-state index contributed by atoms with van der Waals surface area (Å²) >= 11 is 0. The van der Waals surface area contributed by atoms with Gasteiger partial charge in [-0.15, -0.1) is 8.78 Å². The molecule has 1 aromatic heterocycles. The van der Waals surface area contributed by atoms with Crippen LogP contribution in [0.4, 0.5) is 13.2 Å². The van der Waals surface area contributed by atoms with Gasteiger partial charge in [0, 0.05) is 11.6 Å². The molecule has 1 atom stereocenters. The molecular formula is C30H22F3N3O6. The number of halogens is 3. The van der Waals surface area contributed by atoms with E-state index in [1.54, 1.807) is 28.9 Å². The fourth-order valence-corrected chi connectivity index (χ4v) is 4.97. The third kappa shape index (κ3) is 5.16. The second-order valence-electron chi connectivity index (χ2n) is 9.60. The highest BCUT2D eigenvalue weighted by molar-refractivity contribution is 5.89. The molecule has 6 rings (SSSR count). The number of methoxy groups -OCH3 is 1. The number of ether oxygens (including phenoxy) is 5. The summed E-state index contributed by atoms with van der Waals surface area (Å²) in [7, 11) is 1.30. The molecule has 0 fully saturated rings. The molecule has 9 nitrogen and oxygen atoms in total. The second kappa shape index (κ2) is 10.7. The Hall–Kier alpha value is -5.18. The van der Waals surface area contributed by atoms with Crippen LogP contribution in [0.2, 0.25) is 0 Å². The standard InChI is InChI=1S/C30H22F3N3O6/c1-38-29(37)18-6-9-20(10-7-18)40-25-4-2-3-21-23(15-34)35-36(28(21)25)19-8-11-22(31)26(14-19)39-16-17-5-12-24-27(13-17)42-30(32,33)41-24/h5-14,25H,2-4,16H2,1H3. The van der Waals surface area contributed by atoms with E-state index in [9.17, 15) is 23.2 Å². The number of hydrogen-bond acceptors (Lipinski definition) is 8. The van der Waals surface area contributed by atoms with Crippen LogP contribution in [-0.2, 0) is 17.8 Å². The van der Waals surface area contributed by atoms with Gasteiger partial charge < -0.3 is 23.7 Å². The van der Waals surface area contributed by atoms with Gasteiger partial charge in [0.05, 0.1) is 24.1 Å². The second-order valence-corrected chi connectivity index (χ2v) is 9.60. The third-order valence-electron chi connectivity index (χ3n) is 6.90. The number of rotatable bonds is 7. The van der Waals surface area contributed by atoms with Crippen LogP contribution in [0.1, 0.15) is 51.8 Å². The van der Waals surface area contributed by atoms with E-state index in [2.05, 4.69) is 20.6 Å². The maximum atomic E-state index is 14.8. The number of fused-ring (bicyclic) bond motifs is 2. The van der Waals surface area contributed by atoms with Gasteiger partial charge in [-0.2, -0.15) is 10.4 Å². The molecule has 0 bridgehead atoms. The molecule has 2 heterocycles. The molecule has 42 heavy (non-hydrogen) atoms. The summed E-state index contributed by atoms with van der Waals surface area (Å²) in [4.78, 5) is 11.8. The molecule has 1 aliphatic heterocycles. The Morgan fingerprint density at radius 1 is 1.12 bits per heavy atom. The zero-order valence-electron chi connectivity index (χ0n) is 22.1. The number of carbonyl (C=O) groups is 1. The van der Waals surface area contributed by atoms with Crippen LogP contribution in [0.3, 0.4) is 0 Å². The zero-order chi connectivity index (χ0) is 29.4. The maximum Gasteiger partial charge on any atom is 0.586 e. The van der Waals surface area contributed by atoms with Gasteiger partial charge in [0.1, 0.15) is 24.5 Å². The summed E-state index contributed by atoms with van der Waals surface area (Å²) in [6.07, 6.45) is -2.21. The van der Waals surface area contributed by atoms with Crippen molar-refractivity contribution < 1.29 is 41.7 Å². The van der Waals surface area contributed by atoms with Crippen molar-refractivity contribution >= 4 is 5.97 Å². The zero-order valence-corrected chi connectivity index (χ0v) is 22.1. The lowest BCUT2D eigenvalue weighted by atomic mass is 9.93. The lowest BCUT2D eigenvalue weighted by Gasteiger charge is -2.25. The maximum absolute atomic E-state index is 14.8. The fraction of sp³-hybridized carbons (Fsp3) is 0.233. The van der Waals surface area contributed by atoms with Crippen LogP contribution in [0.15, 0.2) is 60.7 Å². The molecule has 0 saturated heterocycles. The van der Waals surface area contributed by atoms with Crippen molar-refractivity contribution in [3.63, 3.8) is 0 Å². The lowest BCUT2D eigenvalue weighted by Crippen LogP contribution is -2.25. The van der Waals surface area contributed by atoms with Crippen molar-refractivity contribution in [3.05, 3.63) is 94.6 Å². The van der Waals surface area contributed by atoms with Gasteiger partial charge in [-0.05, 0) is 73.4 Å². The van der Waals surface area contributed by atoms with Crippen LogP contribution in [-0.4, -0.2) is 29.2 Å². The van der Waals surface area contributed by atoms with E-state index < -0.39 is 24.2 Å². The molecule has 3 aromatic carbocycles. The first-order valence-corrected chi connectivity index (χ1v) is 12.9. The number of carbonyl (C=O) groups excluding carboxylic acids is 1. The highest BCUT2D eigenvalue weighted by atomic mass is 19.3. The highest BCUT2D eigenvalue weighted by Gasteiger charge is 2.43.